The van der Waals surface area contributed by atoms with Gasteiger partial charge in [0.05, 0.1) is 22.0 Å². The Morgan fingerprint density at radius 3 is 2.02 bits per heavy atom. The first-order valence-electron chi connectivity index (χ1n) is 14.5. The molecule has 0 saturated heterocycles. The van der Waals surface area contributed by atoms with Gasteiger partial charge >= 0.3 is 5.97 Å². The van der Waals surface area contributed by atoms with Gasteiger partial charge in [0, 0.05) is 36.2 Å². The number of esters is 1. The van der Waals surface area contributed by atoms with Crippen molar-refractivity contribution < 1.29 is 17.9 Å². The number of nitrogens with zero attached hydrogens (tertiary/aromatic N) is 3. The number of rotatable bonds is 10. The number of hydrogen-bond acceptors (Lipinski definition) is 5. The quantitative estimate of drug-likeness (QED) is 0.146. The maximum absolute atomic E-state index is 13.0. The number of sulfonamides is 1. The van der Waals surface area contributed by atoms with Gasteiger partial charge in [0.15, 0.2) is 0 Å². The predicted molar refractivity (Wildman–Crippen MR) is 175 cm³/mol. The van der Waals surface area contributed by atoms with E-state index in [1.807, 2.05) is 35.0 Å². The molecule has 0 spiro atoms. The summed E-state index contributed by atoms with van der Waals surface area (Å²) in [5.41, 5.74) is 8.37. The van der Waals surface area contributed by atoms with Crippen molar-refractivity contribution in [1.29, 1.82) is 0 Å². The van der Waals surface area contributed by atoms with E-state index in [1.165, 1.54) is 28.0 Å². The molecule has 7 nitrogen and oxygen atoms in total. The summed E-state index contributed by atoms with van der Waals surface area (Å²) in [5.74, 6) is -0.363. The summed E-state index contributed by atoms with van der Waals surface area (Å²) in [5, 5.41) is 5.50. The molecule has 0 N–H and O–H groups in total. The minimum atomic E-state index is -3.75. The van der Waals surface area contributed by atoms with Crippen molar-refractivity contribution in [3.8, 4) is 39.3 Å². The molecule has 0 unspecified atom stereocenters. The van der Waals surface area contributed by atoms with Gasteiger partial charge in [-0.05, 0) is 71.6 Å². The van der Waals surface area contributed by atoms with Crippen LogP contribution in [-0.2, 0) is 26.0 Å². The fourth-order valence-corrected chi connectivity index (χ4v) is 5.86. The Balaban J connectivity index is 0.000000561. The highest BCUT2D eigenvalue weighted by Crippen LogP contribution is 2.33. The second kappa shape index (κ2) is 13.6. The molecule has 4 aromatic rings. The normalized spacial score (nSPS) is 11.6. The van der Waals surface area contributed by atoms with Crippen LogP contribution in [0.15, 0.2) is 108 Å². The zero-order valence-corrected chi connectivity index (χ0v) is 26.5. The molecular formula is C35H34ClN3O4S. The van der Waals surface area contributed by atoms with Crippen LogP contribution in [0.3, 0.4) is 0 Å². The zero-order chi connectivity index (χ0) is 31.3. The molecule has 3 aromatic carbocycles. The summed E-state index contributed by atoms with van der Waals surface area (Å²) in [6.45, 7) is 3.87. The molecule has 226 valence electrons. The molecular weight excluding hydrogens is 594 g/mol. The van der Waals surface area contributed by atoms with E-state index >= 15 is 0 Å². The lowest BCUT2D eigenvalue weighted by Crippen LogP contribution is -2.30. The summed E-state index contributed by atoms with van der Waals surface area (Å²) < 4.78 is 34.1. The maximum atomic E-state index is 13.0. The van der Waals surface area contributed by atoms with E-state index in [4.69, 9.17) is 21.4 Å². The van der Waals surface area contributed by atoms with Crippen LogP contribution in [0.25, 0.3) is 39.3 Å². The SMILES string of the molecule is CCC(=O)OCCN(C)S(=O)(=O)c1ccc(-n2nc(-c3ccc(Cl)cc3)cc2-c2ccc(CC)cc2)cc1.c1cc2cc-2c1. The monoisotopic (exact) mass is 627 g/mol. The minimum absolute atomic E-state index is 0.00142. The first kappa shape index (κ1) is 31.2. The van der Waals surface area contributed by atoms with Gasteiger partial charge in [0.1, 0.15) is 6.61 Å². The van der Waals surface area contributed by atoms with Crippen LogP contribution in [0.5, 0.6) is 0 Å². The topological polar surface area (TPSA) is 81.5 Å². The first-order chi connectivity index (χ1) is 21.2. The second-order valence-corrected chi connectivity index (χ2v) is 12.8. The van der Waals surface area contributed by atoms with E-state index in [0.717, 1.165) is 34.6 Å². The Bertz CT molecular complexity index is 1830. The molecule has 0 saturated carbocycles. The van der Waals surface area contributed by atoms with Crippen molar-refractivity contribution >= 4 is 27.6 Å². The summed E-state index contributed by atoms with van der Waals surface area (Å²) in [4.78, 5) is 11.5. The average molecular weight is 628 g/mol. The fraction of sp³-hybridized carbons (Fsp3) is 0.200. The molecule has 0 fully saturated rings. The van der Waals surface area contributed by atoms with Crippen LogP contribution in [0, 0.1) is 0 Å². The van der Waals surface area contributed by atoms with Gasteiger partial charge in [-0.2, -0.15) is 9.40 Å². The molecule has 0 amide bonds. The summed E-state index contributed by atoms with van der Waals surface area (Å²) >= 11 is 6.08. The van der Waals surface area contributed by atoms with Gasteiger partial charge in [0.25, 0.3) is 0 Å². The number of likely N-dealkylation sites (N-methyl/N-ethyl adjacent to an activating group) is 1. The molecule has 9 heteroatoms. The van der Waals surface area contributed by atoms with Crippen LogP contribution >= 0.6 is 11.6 Å². The van der Waals surface area contributed by atoms with Gasteiger partial charge in [-0.3, -0.25) is 4.79 Å². The number of ether oxygens (including phenoxy) is 1. The second-order valence-electron chi connectivity index (χ2n) is 10.4. The van der Waals surface area contributed by atoms with Crippen LogP contribution in [0.4, 0.5) is 0 Å². The molecule has 1 aromatic heterocycles. The van der Waals surface area contributed by atoms with Crippen molar-refractivity contribution in [3.63, 3.8) is 0 Å². The molecule has 0 bridgehead atoms. The van der Waals surface area contributed by atoms with Gasteiger partial charge in [-0.25, -0.2) is 13.1 Å². The van der Waals surface area contributed by atoms with E-state index in [1.54, 1.807) is 31.2 Å². The molecule has 2 aliphatic carbocycles. The molecule has 2 aliphatic rings. The highest BCUT2D eigenvalue weighted by atomic mass is 35.5. The number of fused-ring (bicyclic) bond motifs is 1. The lowest BCUT2D eigenvalue weighted by molar-refractivity contribution is -0.143. The number of benzene rings is 4. The molecule has 0 radical (unpaired) electrons. The van der Waals surface area contributed by atoms with Crippen molar-refractivity contribution in [2.75, 3.05) is 20.2 Å². The molecule has 6 rings (SSSR count). The number of carbonyl (C=O) groups is 1. The summed E-state index contributed by atoms with van der Waals surface area (Å²) in [6.07, 6.45) is 1.19. The number of halogens is 1. The first-order valence-corrected chi connectivity index (χ1v) is 16.3. The Labute approximate surface area is 263 Å². The average Bonchev–Trinajstić information content (AvgIpc) is 3.41. The number of carbonyl (C=O) groups excluding carboxylic acids is 1. The lowest BCUT2D eigenvalue weighted by atomic mass is 10.1. The summed E-state index contributed by atoms with van der Waals surface area (Å²) in [6, 6.07) is 32.9. The Morgan fingerprint density at radius 1 is 0.841 bits per heavy atom. The predicted octanol–water partition coefficient (Wildman–Crippen LogP) is 7.66. The molecule has 0 atom stereocenters. The summed E-state index contributed by atoms with van der Waals surface area (Å²) in [7, 11) is -2.29. The third-order valence-corrected chi connectivity index (χ3v) is 9.49. The molecule has 44 heavy (non-hydrogen) atoms. The van der Waals surface area contributed by atoms with Crippen molar-refractivity contribution in [2.45, 2.75) is 31.6 Å². The van der Waals surface area contributed by atoms with Crippen LogP contribution in [-0.4, -0.2) is 48.7 Å². The Morgan fingerprint density at radius 2 is 1.48 bits per heavy atom. The van der Waals surface area contributed by atoms with E-state index in [9.17, 15) is 13.2 Å². The third kappa shape index (κ3) is 7.27. The minimum Gasteiger partial charge on any atom is -0.464 e. The van der Waals surface area contributed by atoms with Crippen LogP contribution in [0.2, 0.25) is 5.02 Å². The van der Waals surface area contributed by atoms with E-state index in [2.05, 4.69) is 55.5 Å². The third-order valence-electron chi connectivity index (χ3n) is 7.37. The van der Waals surface area contributed by atoms with Crippen LogP contribution < -0.4 is 0 Å². The zero-order valence-electron chi connectivity index (χ0n) is 24.9. The maximum Gasteiger partial charge on any atom is 0.305 e. The number of aryl methyl sites for hydroxylation is 1. The van der Waals surface area contributed by atoms with Crippen molar-refractivity contribution in [3.05, 3.63) is 114 Å². The smallest absolute Gasteiger partial charge is 0.305 e. The van der Waals surface area contributed by atoms with Gasteiger partial charge < -0.3 is 4.74 Å². The molecule has 0 aliphatic heterocycles. The van der Waals surface area contributed by atoms with Crippen LogP contribution in [0.1, 0.15) is 25.8 Å². The van der Waals surface area contributed by atoms with E-state index in [0.29, 0.717) is 5.02 Å². The van der Waals surface area contributed by atoms with Gasteiger partial charge in [-0.15, -0.1) is 0 Å². The standard InChI is InChI=1S/C29H30ClN3O4S.C6H4/c1-4-21-6-8-23(9-7-21)28-20-27(22-10-12-24(30)13-11-22)31-33(28)25-14-16-26(17-15-25)38(35,36)32(3)18-19-37-29(34)5-2;1-2-5-4-6(5)3-1/h6-17,20H,4-5,18-19H2,1-3H3;1-4H. The lowest BCUT2D eigenvalue weighted by Gasteiger charge is -2.17. The highest BCUT2D eigenvalue weighted by molar-refractivity contribution is 7.89. The van der Waals surface area contributed by atoms with E-state index in [-0.39, 0.29) is 30.4 Å². The van der Waals surface area contributed by atoms with E-state index < -0.39 is 10.0 Å². The Hall–Kier alpha value is -4.24. The number of aromatic nitrogens is 2. The Kier molecular flexibility index (Phi) is 9.64. The van der Waals surface area contributed by atoms with Gasteiger partial charge in [0.2, 0.25) is 10.0 Å². The van der Waals surface area contributed by atoms with Crippen molar-refractivity contribution in [2.24, 2.45) is 0 Å². The fourth-order valence-electron chi connectivity index (χ4n) is 4.58. The highest BCUT2D eigenvalue weighted by Gasteiger charge is 2.22. The largest absolute Gasteiger partial charge is 0.464 e. The number of hydrogen-bond donors (Lipinski definition) is 0. The van der Waals surface area contributed by atoms with Gasteiger partial charge in [-0.1, -0.05) is 80.0 Å². The molecule has 1 heterocycles. The van der Waals surface area contributed by atoms with Crippen molar-refractivity contribution in [1.82, 2.24) is 14.1 Å².